The topological polar surface area (TPSA) is 57.6 Å². The van der Waals surface area contributed by atoms with Crippen molar-refractivity contribution >= 4 is 23.6 Å². The summed E-state index contributed by atoms with van der Waals surface area (Å²) in [5.41, 5.74) is 0. The number of nitrogens with zero attached hydrogens (tertiary/aromatic N) is 1. The molecule has 5 heteroatoms. The number of hydrogen-bond donors (Lipinski definition) is 1. The largest absolute Gasteiger partial charge is 0.480 e. The molecule has 15 heavy (non-hydrogen) atoms. The molecule has 1 amide bonds. The predicted molar refractivity (Wildman–Crippen MR) is 57.9 cm³/mol. The van der Waals surface area contributed by atoms with Crippen LogP contribution in [0.5, 0.6) is 0 Å². The Hall–Kier alpha value is -0.710. The van der Waals surface area contributed by atoms with E-state index in [1.54, 1.807) is 0 Å². The first-order valence-electron chi connectivity index (χ1n) is 5.35. The molecule has 2 aliphatic rings. The Morgan fingerprint density at radius 2 is 1.73 bits per heavy atom. The van der Waals surface area contributed by atoms with Gasteiger partial charge in [-0.2, -0.15) is 0 Å². The van der Waals surface area contributed by atoms with Gasteiger partial charge in [0.2, 0.25) is 5.91 Å². The van der Waals surface area contributed by atoms with E-state index in [-0.39, 0.29) is 16.4 Å². The van der Waals surface area contributed by atoms with Crippen LogP contribution >= 0.6 is 11.8 Å². The number of carbonyl (C=O) groups is 2. The van der Waals surface area contributed by atoms with Gasteiger partial charge in [-0.1, -0.05) is 0 Å². The summed E-state index contributed by atoms with van der Waals surface area (Å²) in [4.78, 5) is 24.6. The van der Waals surface area contributed by atoms with Gasteiger partial charge in [0.05, 0.1) is 5.25 Å². The van der Waals surface area contributed by atoms with E-state index in [0.29, 0.717) is 6.42 Å². The maximum atomic E-state index is 11.9. The summed E-state index contributed by atoms with van der Waals surface area (Å²) in [5, 5.41) is 8.35. The molecule has 2 fully saturated rings. The Kier molecular flexibility index (Phi) is 3.19. The molecule has 0 aromatic carbocycles. The number of amides is 1. The Bertz CT molecular complexity index is 276. The molecule has 0 aliphatic carbocycles. The fraction of sp³-hybridized carbons (Fsp3) is 0.800. The number of rotatable bonds is 2. The Balaban J connectivity index is 1.89. The number of hydrogen-bond acceptors (Lipinski definition) is 3. The Morgan fingerprint density at radius 3 is 2.27 bits per heavy atom. The quantitative estimate of drug-likeness (QED) is 0.766. The average Bonchev–Trinajstić information content (AvgIpc) is 2.88. The molecule has 0 unspecified atom stereocenters. The van der Waals surface area contributed by atoms with Gasteiger partial charge in [-0.05, 0) is 25.7 Å². The van der Waals surface area contributed by atoms with E-state index < -0.39 is 5.97 Å². The molecule has 0 bridgehead atoms. The molecular weight excluding hydrogens is 214 g/mol. The molecule has 0 aromatic rings. The first-order valence-corrected chi connectivity index (χ1v) is 6.30. The Morgan fingerprint density at radius 1 is 1.13 bits per heavy atom. The maximum absolute atomic E-state index is 11.9. The minimum absolute atomic E-state index is 0.107. The molecule has 84 valence electrons. The predicted octanol–water partition coefficient (Wildman–Crippen LogP) is 0.958. The van der Waals surface area contributed by atoms with E-state index in [1.807, 2.05) is 4.90 Å². The molecule has 2 saturated heterocycles. The standard InChI is InChI=1S/C10H15NO3S/c12-9(11-5-1-2-6-11)7-3-4-8(15-7)10(13)14/h7-8H,1-6H2,(H,13,14)/t7-,8+/m1/s1. The van der Waals surface area contributed by atoms with Crippen molar-refractivity contribution < 1.29 is 14.7 Å². The van der Waals surface area contributed by atoms with Crippen molar-refractivity contribution in [2.24, 2.45) is 0 Å². The first-order chi connectivity index (χ1) is 7.18. The number of aliphatic carboxylic acids is 1. The zero-order chi connectivity index (χ0) is 10.8. The molecule has 0 radical (unpaired) electrons. The maximum Gasteiger partial charge on any atom is 0.316 e. The van der Waals surface area contributed by atoms with Crippen molar-refractivity contribution in [1.29, 1.82) is 0 Å². The van der Waals surface area contributed by atoms with Gasteiger partial charge < -0.3 is 10.0 Å². The smallest absolute Gasteiger partial charge is 0.316 e. The van der Waals surface area contributed by atoms with Crippen molar-refractivity contribution in [1.82, 2.24) is 4.90 Å². The van der Waals surface area contributed by atoms with Gasteiger partial charge in [0.25, 0.3) is 0 Å². The van der Waals surface area contributed by atoms with Gasteiger partial charge in [0.15, 0.2) is 0 Å². The van der Waals surface area contributed by atoms with Crippen LogP contribution in [0.2, 0.25) is 0 Å². The first kappa shape index (κ1) is 10.8. The van der Waals surface area contributed by atoms with E-state index in [9.17, 15) is 9.59 Å². The summed E-state index contributed by atoms with van der Waals surface area (Å²) in [6, 6.07) is 0. The lowest BCUT2D eigenvalue weighted by molar-refractivity contribution is -0.136. The van der Waals surface area contributed by atoms with E-state index in [1.165, 1.54) is 11.8 Å². The zero-order valence-corrected chi connectivity index (χ0v) is 9.33. The van der Waals surface area contributed by atoms with Crippen molar-refractivity contribution in [2.45, 2.75) is 36.2 Å². The SMILES string of the molecule is O=C(O)[C@@H]1CC[C@H](C(=O)N2CCCC2)S1. The number of carbonyl (C=O) groups excluding carboxylic acids is 1. The van der Waals surface area contributed by atoms with Crippen LogP contribution < -0.4 is 0 Å². The van der Waals surface area contributed by atoms with Crippen LogP contribution in [0.4, 0.5) is 0 Å². The number of carboxylic acid groups (broad SMARTS) is 1. The van der Waals surface area contributed by atoms with Crippen LogP contribution in [0, 0.1) is 0 Å². The van der Waals surface area contributed by atoms with Crippen molar-refractivity contribution in [3.8, 4) is 0 Å². The second-order valence-corrected chi connectivity index (χ2v) is 5.47. The van der Waals surface area contributed by atoms with E-state index >= 15 is 0 Å². The molecular formula is C10H15NO3S. The highest BCUT2D eigenvalue weighted by Gasteiger charge is 2.36. The highest BCUT2D eigenvalue weighted by atomic mass is 32.2. The minimum Gasteiger partial charge on any atom is -0.480 e. The van der Waals surface area contributed by atoms with E-state index in [0.717, 1.165) is 32.4 Å². The van der Waals surface area contributed by atoms with Gasteiger partial charge in [-0.15, -0.1) is 11.8 Å². The molecule has 1 N–H and O–H groups in total. The van der Waals surface area contributed by atoms with Crippen molar-refractivity contribution in [3.05, 3.63) is 0 Å². The lowest BCUT2D eigenvalue weighted by Gasteiger charge is -2.19. The minimum atomic E-state index is -0.781. The van der Waals surface area contributed by atoms with Crippen molar-refractivity contribution in [2.75, 3.05) is 13.1 Å². The normalized spacial score (nSPS) is 30.8. The summed E-state index contributed by atoms with van der Waals surface area (Å²) in [6.45, 7) is 1.71. The van der Waals surface area contributed by atoms with E-state index in [4.69, 9.17) is 5.11 Å². The lowest BCUT2D eigenvalue weighted by Crippen LogP contribution is -2.34. The van der Waals surface area contributed by atoms with Gasteiger partial charge in [-0.3, -0.25) is 9.59 Å². The number of likely N-dealkylation sites (tertiary alicyclic amines) is 1. The molecule has 4 nitrogen and oxygen atoms in total. The fourth-order valence-electron chi connectivity index (χ4n) is 2.14. The highest BCUT2D eigenvalue weighted by Crippen LogP contribution is 2.35. The molecule has 0 aromatic heterocycles. The van der Waals surface area contributed by atoms with Crippen LogP contribution in [0.1, 0.15) is 25.7 Å². The van der Waals surface area contributed by atoms with Gasteiger partial charge >= 0.3 is 5.97 Å². The molecule has 2 aliphatic heterocycles. The second-order valence-electron chi connectivity index (χ2n) is 4.06. The van der Waals surface area contributed by atoms with Crippen LogP contribution in [-0.2, 0) is 9.59 Å². The van der Waals surface area contributed by atoms with Crippen LogP contribution in [0.15, 0.2) is 0 Å². The number of thioether (sulfide) groups is 1. The van der Waals surface area contributed by atoms with Crippen LogP contribution in [0.25, 0.3) is 0 Å². The Labute approximate surface area is 93.0 Å². The molecule has 2 rings (SSSR count). The lowest BCUT2D eigenvalue weighted by atomic mass is 10.2. The summed E-state index contributed by atoms with van der Waals surface area (Å²) in [6.07, 6.45) is 3.53. The molecule has 0 saturated carbocycles. The number of carboxylic acids is 1. The van der Waals surface area contributed by atoms with Gasteiger partial charge in [0, 0.05) is 13.1 Å². The monoisotopic (exact) mass is 229 g/mol. The summed E-state index contributed by atoms with van der Waals surface area (Å²) >= 11 is 1.32. The fourth-order valence-corrected chi connectivity index (χ4v) is 3.46. The van der Waals surface area contributed by atoms with Gasteiger partial charge in [-0.25, -0.2) is 0 Å². The third kappa shape index (κ3) is 2.27. The van der Waals surface area contributed by atoms with Crippen LogP contribution in [-0.4, -0.2) is 45.5 Å². The third-order valence-electron chi connectivity index (χ3n) is 2.99. The summed E-state index contributed by atoms with van der Waals surface area (Å²) < 4.78 is 0. The summed E-state index contributed by atoms with van der Waals surface area (Å²) in [5.74, 6) is -0.627. The second kappa shape index (κ2) is 4.43. The summed E-state index contributed by atoms with van der Waals surface area (Å²) in [7, 11) is 0. The van der Waals surface area contributed by atoms with Crippen molar-refractivity contribution in [3.63, 3.8) is 0 Å². The zero-order valence-electron chi connectivity index (χ0n) is 8.52. The average molecular weight is 229 g/mol. The van der Waals surface area contributed by atoms with Crippen LogP contribution in [0.3, 0.4) is 0 Å². The molecule has 2 atom stereocenters. The highest BCUT2D eigenvalue weighted by molar-refractivity contribution is 8.02. The molecule has 2 heterocycles. The van der Waals surface area contributed by atoms with Gasteiger partial charge in [0.1, 0.15) is 5.25 Å². The third-order valence-corrected chi connectivity index (χ3v) is 4.52. The molecule has 0 spiro atoms. The van der Waals surface area contributed by atoms with E-state index in [2.05, 4.69) is 0 Å².